The zero-order valence-corrected chi connectivity index (χ0v) is 21.7. The Morgan fingerprint density at radius 1 is 0.917 bits per heavy atom. The minimum atomic E-state index is -4.04. The monoisotopic (exact) mass is 507 g/mol. The summed E-state index contributed by atoms with van der Waals surface area (Å²) in [4.78, 5) is 28.1. The predicted molar refractivity (Wildman–Crippen MR) is 142 cm³/mol. The van der Waals surface area contributed by atoms with E-state index in [9.17, 15) is 18.0 Å². The Balaban J connectivity index is 1.98. The van der Waals surface area contributed by atoms with E-state index in [0.717, 1.165) is 21.9 Å². The number of rotatable bonds is 11. The molecule has 0 aliphatic carbocycles. The van der Waals surface area contributed by atoms with Crippen molar-refractivity contribution in [1.29, 1.82) is 0 Å². The lowest BCUT2D eigenvalue weighted by Gasteiger charge is -2.32. The maximum atomic E-state index is 13.8. The van der Waals surface area contributed by atoms with Crippen molar-refractivity contribution in [3.8, 4) is 0 Å². The normalized spacial score (nSPS) is 12.0. The van der Waals surface area contributed by atoms with Crippen LogP contribution in [0, 0.1) is 6.92 Å². The first kappa shape index (κ1) is 26.9. The van der Waals surface area contributed by atoms with Gasteiger partial charge in [-0.1, -0.05) is 73.2 Å². The molecule has 3 aromatic rings. The minimum absolute atomic E-state index is 0.0839. The van der Waals surface area contributed by atoms with Gasteiger partial charge in [0, 0.05) is 13.1 Å². The average molecular weight is 508 g/mol. The highest BCUT2D eigenvalue weighted by atomic mass is 32.2. The number of para-hydroxylation sites is 1. The van der Waals surface area contributed by atoms with Gasteiger partial charge in [0.05, 0.1) is 10.6 Å². The van der Waals surface area contributed by atoms with E-state index in [4.69, 9.17) is 0 Å². The van der Waals surface area contributed by atoms with Gasteiger partial charge in [-0.3, -0.25) is 13.9 Å². The van der Waals surface area contributed by atoms with Crippen molar-refractivity contribution in [3.05, 3.63) is 96.1 Å². The standard InChI is InChI=1S/C28H33N3O4S/c1-4-18-29-28(33)23(3)30(20-24-13-11-12-22(2)19-24)27(32)21-31(25-14-7-5-8-15-25)36(34,35)26-16-9-6-10-17-26/h5-17,19,23H,4,18,20-21H2,1-3H3,(H,29,33)/t23-/m1/s1. The molecule has 0 aromatic heterocycles. The van der Waals surface area contributed by atoms with Gasteiger partial charge in [0.15, 0.2) is 0 Å². The number of carbonyl (C=O) groups excluding carboxylic acids is 2. The fourth-order valence-electron chi connectivity index (χ4n) is 3.83. The second-order valence-corrected chi connectivity index (χ2v) is 10.5. The number of sulfonamides is 1. The second kappa shape index (κ2) is 12.4. The third-order valence-corrected chi connectivity index (χ3v) is 7.59. The van der Waals surface area contributed by atoms with Gasteiger partial charge in [0.25, 0.3) is 10.0 Å². The fraction of sp³-hybridized carbons (Fsp3) is 0.286. The zero-order chi connectivity index (χ0) is 26.1. The minimum Gasteiger partial charge on any atom is -0.354 e. The van der Waals surface area contributed by atoms with Crippen molar-refractivity contribution in [1.82, 2.24) is 10.2 Å². The first-order valence-electron chi connectivity index (χ1n) is 12.0. The molecular formula is C28H33N3O4S. The van der Waals surface area contributed by atoms with Crippen molar-refractivity contribution in [3.63, 3.8) is 0 Å². The molecule has 2 amide bonds. The molecule has 0 spiro atoms. The molecule has 0 fully saturated rings. The largest absolute Gasteiger partial charge is 0.354 e. The number of amides is 2. The van der Waals surface area contributed by atoms with Gasteiger partial charge in [0.2, 0.25) is 11.8 Å². The van der Waals surface area contributed by atoms with Gasteiger partial charge >= 0.3 is 0 Å². The summed E-state index contributed by atoms with van der Waals surface area (Å²) in [6.45, 7) is 5.79. The van der Waals surface area contributed by atoms with Gasteiger partial charge in [-0.15, -0.1) is 0 Å². The number of aryl methyl sites for hydroxylation is 1. The number of carbonyl (C=O) groups is 2. The first-order chi connectivity index (χ1) is 17.2. The summed E-state index contributed by atoms with van der Waals surface area (Å²) in [7, 11) is -4.04. The predicted octanol–water partition coefficient (Wildman–Crippen LogP) is 4.13. The zero-order valence-electron chi connectivity index (χ0n) is 20.9. The van der Waals surface area contributed by atoms with Crippen LogP contribution in [-0.2, 0) is 26.2 Å². The van der Waals surface area contributed by atoms with E-state index in [-0.39, 0.29) is 17.3 Å². The summed E-state index contributed by atoms with van der Waals surface area (Å²) in [6.07, 6.45) is 0.765. The summed E-state index contributed by atoms with van der Waals surface area (Å²) >= 11 is 0. The third kappa shape index (κ3) is 6.73. The second-order valence-electron chi connectivity index (χ2n) is 8.64. The highest BCUT2D eigenvalue weighted by Crippen LogP contribution is 2.24. The van der Waals surface area contributed by atoms with Gasteiger partial charge < -0.3 is 10.2 Å². The van der Waals surface area contributed by atoms with Crippen LogP contribution >= 0.6 is 0 Å². The Kier molecular flexibility index (Phi) is 9.25. The van der Waals surface area contributed by atoms with E-state index >= 15 is 0 Å². The molecule has 7 nitrogen and oxygen atoms in total. The molecule has 0 saturated heterocycles. The van der Waals surface area contributed by atoms with Crippen LogP contribution < -0.4 is 9.62 Å². The molecule has 3 aromatic carbocycles. The van der Waals surface area contributed by atoms with E-state index in [1.807, 2.05) is 38.1 Å². The molecule has 36 heavy (non-hydrogen) atoms. The van der Waals surface area contributed by atoms with Crippen LogP contribution in [0.2, 0.25) is 0 Å². The van der Waals surface area contributed by atoms with Crippen molar-refractivity contribution in [2.75, 3.05) is 17.4 Å². The van der Waals surface area contributed by atoms with E-state index in [1.165, 1.54) is 17.0 Å². The number of hydrogen-bond acceptors (Lipinski definition) is 4. The number of nitrogens with zero attached hydrogens (tertiary/aromatic N) is 2. The Hall–Kier alpha value is -3.65. The topological polar surface area (TPSA) is 86.8 Å². The summed E-state index contributed by atoms with van der Waals surface area (Å²) in [5.74, 6) is -0.756. The van der Waals surface area contributed by atoms with Crippen molar-refractivity contribution < 1.29 is 18.0 Å². The number of benzene rings is 3. The summed E-state index contributed by atoms with van der Waals surface area (Å²) in [6, 6.07) is 23.4. The quantitative estimate of drug-likeness (QED) is 0.423. The molecule has 3 rings (SSSR count). The molecule has 0 radical (unpaired) electrons. The van der Waals surface area contributed by atoms with Gasteiger partial charge in [0.1, 0.15) is 12.6 Å². The molecule has 0 heterocycles. The number of anilines is 1. The molecule has 0 saturated carbocycles. The van der Waals surface area contributed by atoms with Crippen LogP contribution in [0.25, 0.3) is 0 Å². The van der Waals surface area contributed by atoms with Gasteiger partial charge in [-0.2, -0.15) is 0 Å². The van der Waals surface area contributed by atoms with Gasteiger partial charge in [-0.05, 0) is 50.1 Å². The molecule has 8 heteroatoms. The third-order valence-electron chi connectivity index (χ3n) is 5.81. The lowest BCUT2D eigenvalue weighted by Crippen LogP contribution is -2.51. The van der Waals surface area contributed by atoms with Crippen LogP contribution in [0.3, 0.4) is 0 Å². The van der Waals surface area contributed by atoms with Crippen LogP contribution in [-0.4, -0.2) is 44.3 Å². The molecule has 0 aliphatic rings. The van der Waals surface area contributed by atoms with Gasteiger partial charge in [-0.25, -0.2) is 8.42 Å². The maximum Gasteiger partial charge on any atom is 0.264 e. The number of hydrogen-bond donors (Lipinski definition) is 1. The van der Waals surface area contributed by atoms with E-state index < -0.39 is 28.5 Å². The first-order valence-corrected chi connectivity index (χ1v) is 13.4. The highest BCUT2D eigenvalue weighted by Gasteiger charge is 2.32. The van der Waals surface area contributed by atoms with Crippen LogP contribution in [0.4, 0.5) is 5.69 Å². The highest BCUT2D eigenvalue weighted by molar-refractivity contribution is 7.92. The molecule has 0 unspecified atom stereocenters. The lowest BCUT2D eigenvalue weighted by molar-refractivity contribution is -0.139. The molecule has 190 valence electrons. The van der Waals surface area contributed by atoms with E-state index in [1.54, 1.807) is 55.5 Å². The molecular weight excluding hydrogens is 474 g/mol. The Morgan fingerprint density at radius 3 is 2.17 bits per heavy atom. The van der Waals surface area contributed by atoms with Crippen molar-refractivity contribution in [2.24, 2.45) is 0 Å². The number of nitrogens with one attached hydrogen (secondary N) is 1. The average Bonchev–Trinajstić information content (AvgIpc) is 2.89. The van der Waals surface area contributed by atoms with E-state index in [0.29, 0.717) is 12.2 Å². The van der Waals surface area contributed by atoms with E-state index in [2.05, 4.69) is 5.32 Å². The summed E-state index contributed by atoms with van der Waals surface area (Å²) < 4.78 is 28.3. The molecule has 1 atom stereocenters. The Morgan fingerprint density at radius 2 is 1.56 bits per heavy atom. The van der Waals surface area contributed by atoms with Crippen LogP contribution in [0.5, 0.6) is 0 Å². The molecule has 0 aliphatic heterocycles. The summed E-state index contributed by atoms with van der Waals surface area (Å²) in [5, 5.41) is 2.84. The van der Waals surface area contributed by atoms with Crippen molar-refractivity contribution >= 4 is 27.5 Å². The Labute approximate surface area is 213 Å². The maximum absolute atomic E-state index is 13.8. The van der Waals surface area contributed by atoms with Crippen molar-refractivity contribution in [2.45, 2.75) is 44.7 Å². The lowest BCUT2D eigenvalue weighted by atomic mass is 10.1. The SMILES string of the molecule is CCCNC(=O)[C@@H](C)N(Cc1cccc(C)c1)C(=O)CN(c1ccccc1)S(=O)(=O)c1ccccc1. The summed E-state index contributed by atoms with van der Waals surface area (Å²) in [5.41, 5.74) is 2.25. The molecule has 1 N–H and O–H groups in total. The Bertz CT molecular complexity index is 1260. The molecule has 0 bridgehead atoms. The van der Waals surface area contributed by atoms with Crippen LogP contribution in [0.15, 0.2) is 89.8 Å². The van der Waals surface area contributed by atoms with Crippen LogP contribution in [0.1, 0.15) is 31.4 Å². The fourth-order valence-corrected chi connectivity index (χ4v) is 5.26. The smallest absolute Gasteiger partial charge is 0.264 e.